The number of amides is 1. The van der Waals surface area contributed by atoms with Gasteiger partial charge in [-0.3, -0.25) is 4.79 Å². The number of piperidine rings is 1. The smallest absolute Gasteiger partial charge is 0.255 e. The molecule has 0 bridgehead atoms. The Morgan fingerprint density at radius 1 is 1.15 bits per heavy atom. The van der Waals surface area contributed by atoms with Crippen LogP contribution in [0.25, 0.3) is 0 Å². The van der Waals surface area contributed by atoms with Gasteiger partial charge in [-0.05, 0) is 69.4 Å². The summed E-state index contributed by atoms with van der Waals surface area (Å²) < 4.78 is 29.9. The Kier molecular flexibility index (Phi) is 9.62. The first-order chi connectivity index (χ1) is 16.3. The first-order valence-corrected chi connectivity index (χ1v) is 13.7. The molecule has 0 atom stereocenters. The minimum Gasteiger partial charge on any atom is -0.496 e. The molecular formula is C25H34ClN3O4S. The van der Waals surface area contributed by atoms with Gasteiger partial charge in [0.1, 0.15) is 5.75 Å². The van der Waals surface area contributed by atoms with Crippen molar-refractivity contribution in [2.24, 2.45) is 5.92 Å². The number of nitrogens with two attached hydrogens (primary N) is 1. The number of carbonyl (C=O) groups excluding carboxylic acids is 1. The fraction of sp³-hybridized carbons (Fsp3) is 0.480. The molecule has 2 aromatic rings. The van der Waals surface area contributed by atoms with E-state index in [1.807, 2.05) is 6.07 Å². The zero-order valence-electron chi connectivity index (χ0n) is 19.6. The van der Waals surface area contributed by atoms with Crippen LogP contribution in [0, 0.1) is 5.92 Å². The van der Waals surface area contributed by atoms with Crippen molar-refractivity contribution in [2.45, 2.75) is 37.0 Å². The van der Waals surface area contributed by atoms with Crippen LogP contribution in [0.5, 0.6) is 5.75 Å². The van der Waals surface area contributed by atoms with Gasteiger partial charge in [0.2, 0.25) is 0 Å². The number of methoxy groups -OCH3 is 1. The number of nitrogens with zero attached hydrogens (tertiary/aromatic N) is 1. The predicted molar refractivity (Wildman–Crippen MR) is 136 cm³/mol. The van der Waals surface area contributed by atoms with Crippen molar-refractivity contribution in [3.8, 4) is 5.75 Å². The van der Waals surface area contributed by atoms with E-state index < -0.39 is 9.84 Å². The second-order valence-electron chi connectivity index (χ2n) is 8.76. The number of rotatable bonds is 11. The largest absolute Gasteiger partial charge is 0.496 e. The number of nitrogens with one attached hydrogen (secondary N) is 1. The summed E-state index contributed by atoms with van der Waals surface area (Å²) in [7, 11) is -1.69. The minimum atomic E-state index is -3.18. The zero-order chi connectivity index (χ0) is 24.6. The van der Waals surface area contributed by atoms with Gasteiger partial charge in [-0.2, -0.15) is 0 Å². The number of benzene rings is 2. The van der Waals surface area contributed by atoms with Crippen molar-refractivity contribution in [1.29, 1.82) is 0 Å². The predicted octanol–water partition coefficient (Wildman–Crippen LogP) is 4.02. The van der Waals surface area contributed by atoms with Crippen LogP contribution in [0.15, 0.2) is 47.4 Å². The number of sulfone groups is 1. The van der Waals surface area contributed by atoms with Crippen molar-refractivity contribution in [3.05, 3.63) is 53.1 Å². The Bertz CT molecular complexity index is 1060. The first kappa shape index (κ1) is 26.3. The maximum Gasteiger partial charge on any atom is 0.255 e. The molecule has 0 spiro atoms. The number of nitrogen functional groups attached to an aromatic ring is 1. The van der Waals surface area contributed by atoms with E-state index in [2.05, 4.69) is 10.2 Å². The Labute approximate surface area is 207 Å². The van der Waals surface area contributed by atoms with Crippen LogP contribution in [-0.4, -0.2) is 58.3 Å². The molecule has 0 unspecified atom stereocenters. The van der Waals surface area contributed by atoms with Crippen molar-refractivity contribution < 1.29 is 17.9 Å². The topological polar surface area (TPSA) is 102 Å². The highest BCUT2D eigenvalue weighted by Crippen LogP contribution is 2.29. The molecule has 7 nitrogen and oxygen atoms in total. The second kappa shape index (κ2) is 12.4. The number of halogens is 1. The summed E-state index contributed by atoms with van der Waals surface area (Å²) in [5.41, 5.74) is 6.55. The van der Waals surface area contributed by atoms with E-state index in [0.717, 1.165) is 45.3 Å². The van der Waals surface area contributed by atoms with Gasteiger partial charge >= 0.3 is 0 Å². The molecule has 34 heavy (non-hydrogen) atoms. The molecular weight excluding hydrogens is 474 g/mol. The fourth-order valence-electron chi connectivity index (χ4n) is 4.21. The highest BCUT2D eigenvalue weighted by Gasteiger charge is 2.21. The van der Waals surface area contributed by atoms with Gasteiger partial charge in [-0.25, -0.2) is 8.42 Å². The molecule has 0 aromatic heterocycles. The van der Waals surface area contributed by atoms with E-state index in [0.29, 0.717) is 45.8 Å². The minimum absolute atomic E-state index is 0.197. The molecule has 3 rings (SSSR count). The first-order valence-electron chi connectivity index (χ1n) is 11.7. The Morgan fingerprint density at radius 2 is 1.85 bits per heavy atom. The van der Waals surface area contributed by atoms with Crippen LogP contribution in [0.1, 0.15) is 42.5 Å². The Balaban J connectivity index is 1.33. The van der Waals surface area contributed by atoms with E-state index in [9.17, 15) is 13.2 Å². The Hall–Kier alpha value is -2.29. The van der Waals surface area contributed by atoms with Crippen molar-refractivity contribution in [1.82, 2.24) is 10.2 Å². The number of hydrogen-bond donors (Lipinski definition) is 2. The van der Waals surface area contributed by atoms with Crippen LogP contribution in [0.2, 0.25) is 5.02 Å². The third-order valence-electron chi connectivity index (χ3n) is 6.31. The maximum atomic E-state index is 12.6. The fourth-order valence-corrected chi connectivity index (χ4v) is 5.77. The number of likely N-dealkylation sites (tertiary alicyclic amines) is 1. The molecule has 9 heteroatoms. The third kappa shape index (κ3) is 7.35. The van der Waals surface area contributed by atoms with Gasteiger partial charge in [-0.1, -0.05) is 36.2 Å². The molecule has 0 saturated carbocycles. The van der Waals surface area contributed by atoms with Gasteiger partial charge in [0, 0.05) is 12.6 Å². The highest BCUT2D eigenvalue weighted by molar-refractivity contribution is 7.91. The SMILES string of the molecule is COc1cc(N)c(Cl)cc1C(=O)NCC1CCN(CCCCCS(=O)(=O)c2ccccc2)CC1. The van der Waals surface area contributed by atoms with E-state index in [4.69, 9.17) is 22.1 Å². The molecule has 2 aromatic carbocycles. The molecule has 1 saturated heterocycles. The summed E-state index contributed by atoms with van der Waals surface area (Å²) in [6.07, 6.45) is 4.60. The summed E-state index contributed by atoms with van der Waals surface area (Å²) in [5.74, 6) is 0.812. The van der Waals surface area contributed by atoms with Crippen LogP contribution >= 0.6 is 11.6 Å². The van der Waals surface area contributed by atoms with Crippen LogP contribution in [0.3, 0.4) is 0 Å². The van der Waals surface area contributed by atoms with E-state index in [1.165, 1.54) is 7.11 Å². The molecule has 0 radical (unpaired) electrons. The molecule has 1 aliphatic rings. The quantitative estimate of drug-likeness (QED) is 0.352. The number of unbranched alkanes of at least 4 members (excludes halogenated alkanes) is 2. The van der Waals surface area contributed by atoms with Gasteiger partial charge < -0.3 is 20.7 Å². The molecule has 1 aliphatic heterocycles. The lowest BCUT2D eigenvalue weighted by atomic mass is 9.96. The molecule has 1 heterocycles. The lowest BCUT2D eigenvalue weighted by Crippen LogP contribution is -2.39. The molecule has 186 valence electrons. The molecule has 1 amide bonds. The highest BCUT2D eigenvalue weighted by atomic mass is 35.5. The average molecular weight is 508 g/mol. The van der Waals surface area contributed by atoms with Crippen molar-refractivity contribution in [2.75, 3.05) is 44.8 Å². The molecule has 0 aliphatic carbocycles. The molecule has 3 N–H and O–H groups in total. The average Bonchev–Trinajstić information content (AvgIpc) is 2.85. The van der Waals surface area contributed by atoms with E-state index in [1.54, 1.807) is 36.4 Å². The summed E-state index contributed by atoms with van der Waals surface area (Å²) >= 11 is 6.07. The number of carbonyl (C=O) groups is 1. The second-order valence-corrected chi connectivity index (χ2v) is 11.3. The molecule has 1 fully saturated rings. The zero-order valence-corrected chi connectivity index (χ0v) is 21.2. The van der Waals surface area contributed by atoms with Gasteiger partial charge in [0.25, 0.3) is 5.91 Å². The summed E-state index contributed by atoms with van der Waals surface area (Å²) in [4.78, 5) is 15.4. The van der Waals surface area contributed by atoms with Crippen LogP contribution in [-0.2, 0) is 9.84 Å². The number of anilines is 1. The Morgan fingerprint density at radius 3 is 2.53 bits per heavy atom. The monoisotopic (exact) mass is 507 g/mol. The number of hydrogen-bond acceptors (Lipinski definition) is 6. The summed E-state index contributed by atoms with van der Waals surface area (Å²) in [6, 6.07) is 11.7. The maximum absolute atomic E-state index is 12.6. The summed E-state index contributed by atoms with van der Waals surface area (Å²) in [5, 5.41) is 3.33. The van der Waals surface area contributed by atoms with E-state index >= 15 is 0 Å². The summed E-state index contributed by atoms with van der Waals surface area (Å²) in [6.45, 7) is 3.56. The standard InChI is InChI=1S/C25H34ClN3O4S/c1-33-24-17-23(27)22(26)16-21(24)25(30)28-18-19-10-13-29(14-11-19)12-6-3-7-15-34(31,32)20-8-4-2-5-9-20/h2,4-5,8-9,16-17,19H,3,6-7,10-15,18,27H2,1H3,(H,28,30). The van der Waals surface area contributed by atoms with Crippen molar-refractivity contribution in [3.63, 3.8) is 0 Å². The third-order valence-corrected chi connectivity index (χ3v) is 8.46. The van der Waals surface area contributed by atoms with Gasteiger partial charge in [-0.15, -0.1) is 0 Å². The number of ether oxygens (including phenoxy) is 1. The van der Waals surface area contributed by atoms with Gasteiger partial charge in [0.05, 0.1) is 34.0 Å². The normalized spacial score (nSPS) is 15.2. The van der Waals surface area contributed by atoms with Gasteiger partial charge in [0.15, 0.2) is 9.84 Å². The lowest BCUT2D eigenvalue weighted by Gasteiger charge is -2.32. The van der Waals surface area contributed by atoms with Crippen LogP contribution in [0.4, 0.5) is 5.69 Å². The van der Waals surface area contributed by atoms with Crippen LogP contribution < -0.4 is 15.8 Å². The van der Waals surface area contributed by atoms with Crippen molar-refractivity contribution >= 4 is 33.0 Å². The van der Waals surface area contributed by atoms with E-state index in [-0.39, 0.29) is 11.7 Å². The lowest BCUT2D eigenvalue weighted by molar-refractivity contribution is 0.0933.